The molecule has 0 radical (unpaired) electrons. The number of thiazole rings is 1. The first kappa shape index (κ1) is 24.5. The van der Waals surface area contributed by atoms with Crippen LogP contribution in [-0.4, -0.2) is 62.9 Å². The third-order valence-corrected chi connectivity index (χ3v) is 8.39. The zero-order chi connectivity index (χ0) is 26.0. The molecule has 0 unspecified atom stereocenters. The van der Waals surface area contributed by atoms with Gasteiger partial charge >= 0.3 is 0 Å². The number of fused-ring (bicyclic) bond motifs is 9. The van der Waals surface area contributed by atoms with Crippen LogP contribution in [-0.2, 0) is 24.2 Å². The summed E-state index contributed by atoms with van der Waals surface area (Å²) in [4.78, 5) is 33.2. The topological polar surface area (TPSA) is 102 Å². The lowest BCUT2D eigenvalue weighted by molar-refractivity contribution is -0.133. The van der Waals surface area contributed by atoms with Crippen molar-refractivity contribution in [2.75, 3.05) is 26.2 Å². The molecule has 3 aliphatic heterocycles. The summed E-state index contributed by atoms with van der Waals surface area (Å²) in [6.45, 7) is 2.86. The zero-order valence-corrected chi connectivity index (χ0v) is 22.0. The molecule has 2 aromatic carbocycles. The van der Waals surface area contributed by atoms with E-state index >= 15 is 0 Å². The summed E-state index contributed by atoms with van der Waals surface area (Å²) >= 11 is 1.53. The van der Waals surface area contributed by atoms with Gasteiger partial charge in [-0.1, -0.05) is 17.3 Å². The molecule has 0 saturated carbocycles. The van der Waals surface area contributed by atoms with Crippen molar-refractivity contribution in [1.82, 2.24) is 30.2 Å². The van der Waals surface area contributed by atoms with Crippen LogP contribution < -0.4 is 10.1 Å². The number of nitrogens with one attached hydrogen (secondary N) is 1. The van der Waals surface area contributed by atoms with Crippen molar-refractivity contribution in [1.29, 1.82) is 0 Å². The Balaban J connectivity index is 1.20. The van der Waals surface area contributed by atoms with Gasteiger partial charge in [0.25, 0.3) is 5.91 Å². The van der Waals surface area contributed by atoms with Gasteiger partial charge in [-0.25, -0.2) is 4.98 Å². The third kappa shape index (κ3) is 5.13. The first-order valence-corrected chi connectivity index (χ1v) is 14.0. The van der Waals surface area contributed by atoms with Gasteiger partial charge < -0.3 is 15.0 Å². The van der Waals surface area contributed by atoms with Crippen molar-refractivity contribution in [3.63, 3.8) is 0 Å². The number of hydrogen-bond acceptors (Lipinski definition) is 7. The maximum Gasteiger partial charge on any atom is 0.253 e. The van der Waals surface area contributed by atoms with Crippen molar-refractivity contribution >= 4 is 33.4 Å². The summed E-state index contributed by atoms with van der Waals surface area (Å²) in [6, 6.07) is 13.7. The molecule has 5 heterocycles. The smallest absolute Gasteiger partial charge is 0.253 e. The van der Waals surface area contributed by atoms with Gasteiger partial charge in [0.2, 0.25) is 5.91 Å². The third-order valence-electron chi connectivity index (χ3n) is 7.60. The van der Waals surface area contributed by atoms with Crippen LogP contribution in [0.3, 0.4) is 0 Å². The van der Waals surface area contributed by atoms with Crippen molar-refractivity contribution in [3.8, 4) is 5.75 Å². The number of hydrogen-bond donors (Lipinski definition) is 1. The van der Waals surface area contributed by atoms with E-state index < -0.39 is 5.41 Å². The highest BCUT2D eigenvalue weighted by Crippen LogP contribution is 2.36. The van der Waals surface area contributed by atoms with E-state index in [9.17, 15) is 9.59 Å². The van der Waals surface area contributed by atoms with Gasteiger partial charge in [-0.3, -0.25) is 14.3 Å². The van der Waals surface area contributed by atoms with E-state index in [-0.39, 0.29) is 11.8 Å². The van der Waals surface area contributed by atoms with Crippen molar-refractivity contribution in [2.45, 2.75) is 38.6 Å². The zero-order valence-electron chi connectivity index (χ0n) is 21.1. The highest BCUT2D eigenvalue weighted by atomic mass is 32.1. The molecule has 9 nitrogen and oxygen atoms in total. The molecule has 1 fully saturated rings. The Morgan fingerprint density at radius 2 is 1.92 bits per heavy atom. The second kappa shape index (κ2) is 10.5. The Hall–Kier alpha value is -3.79. The Morgan fingerprint density at radius 1 is 1.08 bits per heavy atom. The van der Waals surface area contributed by atoms with E-state index in [1.807, 2.05) is 58.2 Å². The van der Waals surface area contributed by atoms with Gasteiger partial charge in [-0.2, -0.15) is 0 Å². The number of ether oxygens (including phenoxy) is 1. The number of nitrogens with zero attached hydrogens (tertiary/aromatic N) is 5. The van der Waals surface area contributed by atoms with E-state index in [4.69, 9.17) is 4.74 Å². The summed E-state index contributed by atoms with van der Waals surface area (Å²) in [5, 5.41) is 11.9. The summed E-state index contributed by atoms with van der Waals surface area (Å²) in [7, 11) is 0. The highest BCUT2D eigenvalue weighted by molar-refractivity contribution is 7.16. The van der Waals surface area contributed by atoms with Crippen LogP contribution >= 0.6 is 11.3 Å². The molecule has 3 aliphatic rings. The molecular weight excluding hydrogens is 500 g/mol. The molecule has 38 heavy (non-hydrogen) atoms. The number of aryl methyl sites for hydroxylation is 1. The molecule has 7 rings (SSSR count). The monoisotopic (exact) mass is 530 g/mol. The van der Waals surface area contributed by atoms with Gasteiger partial charge in [-0.15, -0.1) is 16.4 Å². The Kier molecular flexibility index (Phi) is 6.80. The van der Waals surface area contributed by atoms with Crippen molar-refractivity contribution < 1.29 is 14.3 Å². The van der Waals surface area contributed by atoms with Crippen LogP contribution in [0.25, 0.3) is 10.2 Å². The molecule has 10 heteroatoms. The lowest BCUT2D eigenvalue weighted by Crippen LogP contribution is -2.51. The number of aromatic nitrogens is 4. The summed E-state index contributed by atoms with van der Waals surface area (Å²) in [5.74, 6) is 0.861. The second-order valence-corrected chi connectivity index (χ2v) is 11.0. The molecule has 1 spiro atoms. The lowest BCUT2D eigenvalue weighted by atomic mass is 9.73. The van der Waals surface area contributed by atoms with Crippen molar-refractivity contribution in [2.24, 2.45) is 5.41 Å². The summed E-state index contributed by atoms with van der Waals surface area (Å²) in [6.07, 6.45) is 5.12. The number of piperidine rings is 1. The normalized spacial score (nSPS) is 18.2. The van der Waals surface area contributed by atoms with E-state index in [0.717, 1.165) is 40.1 Å². The number of rotatable bonds is 1. The van der Waals surface area contributed by atoms with Crippen LogP contribution in [0.4, 0.5) is 0 Å². The molecule has 196 valence electrons. The van der Waals surface area contributed by atoms with E-state index in [1.165, 1.54) is 11.3 Å². The lowest BCUT2D eigenvalue weighted by Gasteiger charge is -2.40. The highest BCUT2D eigenvalue weighted by Gasteiger charge is 2.43. The SMILES string of the molecule is O=C(c1ccc2ncsc2c1)N1CCC2(CC1)Cc1cn(nn1)CCCOc1ccc(cc1)CCNC2=O. The van der Waals surface area contributed by atoms with Gasteiger partial charge in [0, 0.05) is 50.8 Å². The van der Waals surface area contributed by atoms with Crippen LogP contribution in [0.1, 0.15) is 40.9 Å². The predicted octanol–water partition coefficient (Wildman–Crippen LogP) is 3.49. The minimum Gasteiger partial charge on any atom is -0.494 e. The Morgan fingerprint density at radius 3 is 2.76 bits per heavy atom. The molecular formula is C28H30N6O3S. The molecule has 2 aromatic heterocycles. The molecule has 4 aromatic rings. The quantitative estimate of drug-likeness (QED) is 0.404. The second-order valence-electron chi connectivity index (χ2n) is 10.1. The molecule has 0 atom stereocenters. The fraction of sp³-hybridized carbons (Fsp3) is 0.393. The maximum absolute atomic E-state index is 13.7. The van der Waals surface area contributed by atoms with Gasteiger partial charge in [0.15, 0.2) is 0 Å². The molecule has 1 N–H and O–H groups in total. The number of amides is 2. The molecule has 2 amide bonds. The van der Waals surface area contributed by atoms with Crippen LogP contribution in [0.15, 0.2) is 54.2 Å². The fourth-order valence-electron chi connectivity index (χ4n) is 5.34. The van der Waals surface area contributed by atoms with Crippen LogP contribution in [0, 0.1) is 5.41 Å². The van der Waals surface area contributed by atoms with Gasteiger partial charge in [-0.05, 0) is 55.2 Å². The number of carbonyl (C=O) groups is 2. The summed E-state index contributed by atoms with van der Waals surface area (Å²) in [5.41, 5.74) is 4.66. The van der Waals surface area contributed by atoms with Crippen LogP contribution in [0.5, 0.6) is 5.75 Å². The molecule has 4 bridgehead atoms. The van der Waals surface area contributed by atoms with E-state index in [2.05, 4.69) is 20.6 Å². The fourth-order valence-corrected chi connectivity index (χ4v) is 6.06. The minimum atomic E-state index is -0.639. The van der Waals surface area contributed by atoms with Crippen molar-refractivity contribution in [3.05, 3.63) is 71.0 Å². The number of likely N-dealkylation sites (tertiary alicyclic amines) is 1. The average Bonchev–Trinajstić information content (AvgIpc) is 3.60. The standard InChI is InChI=1S/C28H30N6O3S/c35-26(21-4-7-24-25(16-21)38-19-30-24)33-13-9-28(10-14-33)17-22-18-34(32-31-22)12-1-15-37-23-5-2-20(3-6-23)8-11-29-27(28)36/h2-7,16,18-19H,1,8-15,17H2,(H,29,36). The number of carbonyl (C=O) groups excluding carboxylic acids is 2. The van der Waals surface area contributed by atoms with Gasteiger partial charge in [0.1, 0.15) is 5.75 Å². The van der Waals surface area contributed by atoms with Gasteiger partial charge in [0.05, 0.1) is 33.4 Å². The first-order valence-electron chi connectivity index (χ1n) is 13.1. The first-order chi connectivity index (χ1) is 18.6. The minimum absolute atomic E-state index is 0.00330. The maximum atomic E-state index is 13.7. The Labute approximate surface area is 224 Å². The Bertz CT molecular complexity index is 1440. The van der Waals surface area contributed by atoms with E-state index in [1.54, 1.807) is 5.51 Å². The molecule has 1 saturated heterocycles. The average molecular weight is 531 g/mol. The number of benzene rings is 2. The largest absolute Gasteiger partial charge is 0.494 e. The molecule has 0 aliphatic carbocycles. The van der Waals surface area contributed by atoms with Crippen LogP contribution in [0.2, 0.25) is 0 Å². The predicted molar refractivity (Wildman–Crippen MR) is 144 cm³/mol. The summed E-state index contributed by atoms with van der Waals surface area (Å²) < 4.78 is 8.67. The van der Waals surface area contributed by atoms with E-state index in [0.29, 0.717) is 57.6 Å².